The van der Waals surface area contributed by atoms with Gasteiger partial charge in [-0.25, -0.2) is 4.98 Å². The molecule has 0 aromatic carbocycles. The molecule has 0 bridgehead atoms. The molecule has 0 unspecified atom stereocenters. The summed E-state index contributed by atoms with van der Waals surface area (Å²) in [6.45, 7) is 3.92. The number of hydrogen-bond donors (Lipinski definition) is 1. The summed E-state index contributed by atoms with van der Waals surface area (Å²) >= 11 is 0. The van der Waals surface area contributed by atoms with Gasteiger partial charge in [-0.1, -0.05) is 0 Å². The topological polar surface area (TPSA) is 61.6 Å². The molecule has 1 aromatic heterocycles. The second-order valence-electron chi connectivity index (χ2n) is 6.14. The van der Waals surface area contributed by atoms with Gasteiger partial charge in [0.2, 0.25) is 5.91 Å². The predicted octanol–water partition coefficient (Wildman–Crippen LogP) is 0.331. The van der Waals surface area contributed by atoms with Crippen LogP contribution in [0.5, 0.6) is 0 Å². The quantitative estimate of drug-likeness (QED) is 0.872. The Morgan fingerprint density at radius 1 is 1.24 bits per heavy atom. The van der Waals surface area contributed by atoms with E-state index in [1.165, 1.54) is 0 Å². The standard InChI is InChI=1S/C15H24N4O2/c20-14-2-1-6-19(10-14)13-3-7-18(8-4-13)15(21)11-17-9-5-16-12-17/h5,9,12-14,20H,1-4,6-8,10-11H2/t14-/m0/s1. The summed E-state index contributed by atoms with van der Waals surface area (Å²) < 4.78 is 1.81. The zero-order chi connectivity index (χ0) is 14.7. The number of carbonyl (C=O) groups excluding carboxylic acids is 1. The first-order valence-corrected chi connectivity index (χ1v) is 7.88. The molecule has 3 rings (SSSR count). The van der Waals surface area contributed by atoms with Crippen molar-refractivity contribution in [2.75, 3.05) is 26.2 Å². The van der Waals surface area contributed by atoms with Crippen LogP contribution < -0.4 is 0 Å². The zero-order valence-corrected chi connectivity index (χ0v) is 12.4. The van der Waals surface area contributed by atoms with Crippen molar-refractivity contribution in [1.29, 1.82) is 0 Å². The van der Waals surface area contributed by atoms with Crippen LogP contribution >= 0.6 is 0 Å². The van der Waals surface area contributed by atoms with Crippen LogP contribution in [0.2, 0.25) is 0 Å². The third kappa shape index (κ3) is 3.63. The van der Waals surface area contributed by atoms with Crippen molar-refractivity contribution in [1.82, 2.24) is 19.4 Å². The van der Waals surface area contributed by atoms with E-state index >= 15 is 0 Å². The number of aliphatic hydroxyl groups is 1. The number of hydrogen-bond acceptors (Lipinski definition) is 4. The van der Waals surface area contributed by atoms with Crippen LogP contribution in [0.25, 0.3) is 0 Å². The first-order valence-electron chi connectivity index (χ1n) is 7.88. The van der Waals surface area contributed by atoms with E-state index in [1.807, 2.05) is 15.7 Å². The lowest BCUT2D eigenvalue weighted by molar-refractivity contribution is -0.133. The van der Waals surface area contributed by atoms with Crippen molar-refractivity contribution in [3.8, 4) is 0 Å². The smallest absolute Gasteiger partial charge is 0.242 e. The lowest BCUT2D eigenvalue weighted by Crippen LogP contribution is -2.51. The van der Waals surface area contributed by atoms with Gasteiger partial charge in [0.15, 0.2) is 0 Å². The average Bonchev–Trinajstić information content (AvgIpc) is 3.00. The van der Waals surface area contributed by atoms with Gasteiger partial charge in [0.25, 0.3) is 0 Å². The molecule has 1 amide bonds. The first kappa shape index (κ1) is 14.5. The highest BCUT2D eigenvalue weighted by Crippen LogP contribution is 2.21. The Labute approximate surface area is 125 Å². The molecule has 21 heavy (non-hydrogen) atoms. The molecule has 0 aliphatic carbocycles. The molecule has 2 fully saturated rings. The number of amides is 1. The summed E-state index contributed by atoms with van der Waals surface area (Å²) in [4.78, 5) is 20.6. The highest BCUT2D eigenvalue weighted by molar-refractivity contribution is 5.76. The second-order valence-corrected chi connectivity index (χ2v) is 6.14. The van der Waals surface area contributed by atoms with Gasteiger partial charge in [-0.3, -0.25) is 9.69 Å². The monoisotopic (exact) mass is 292 g/mol. The fourth-order valence-electron chi connectivity index (χ4n) is 3.43. The van der Waals surface area contributed by atoms with E-state index in [-0.39, 0.29) is 12.0 Å². The Bertz CT molecular complexity index is 454. The molecule has 0 spiro atoms. The molecule has 0 saturated carbocycles. The summed E-state index contributed by atoms with van der Waals surface area (Å²) in [5, 5.41) is 9.78. The minimum Gasteiger partial charge on any atom is -0.392 e. The van der Waals surface area contributed by atoms with Crippen molar-refractivity contribution in [3.63, 3.8) is 0 Å². The number of carbonyl (C=O) groups is 1. The van der Waals surface area contributed by atoms with Crippen molar-refractivity contribution in [2.24, 2.45) is 0 Å². The number of nitrogens with zero attached hydrogens (tertiary/aromatic N) is 4. The molecule has 6 heteroatoms. The summed E-state index contributed by atoms with van der Waals surface area (Å²) in [5.74, 6) is 0.171. The van der Waals surface area contributed by atoms with Gasteiger partial charge in [-0.15, -0.1) is 0 Å². The summed E-state index contributed by atoms with van der Waals surface area (Å²) in [7, 11) is 0. The van der Waals surface area contributed by atoms with E-state index < -0.39 is 0 Å². The maximum atomic E-state index is 12.2. The minimum atomic E-state index is -0.167. The number of likely N-dealkylation sites (tertiary alicyclic amines) is 2. The van der Waals surface area contributed by atoms with E-state index in [1.54, 1.807) is 12.5 Å². The first-order chi connectivity index (χ1) is 10.2. The number of aliphatic hydroxyl groups excluding tert-OH is 1. The third-order valence-corrected chi connectivity index (χ3v) is 4.64. The molecule has 6 nitrogen and oxygen atoms in total. The Morgan fingerprint density at radius 3 is 2.71 bits per heavy atom. The molecule has 2 aliphatic rings. The van der Waals surface area contributed by atoms with E-state index in [4.69, 9.17) is 0 Å². The van der Waals surface area contributed by atoms with E-state index in [9.17, 15) is 9.90 Å². The SMILES string of the molecule is O=C(Cn1ccnc1)N1CCC(N2CCC[C@H](O)C2)CC1. The Kier molecular flexibility index (Phi) is 4.55. The average molecular weight is 292 g/mol. The van der Waals surface area contributed by atoms with Gasteiger partial charge < -0.3 is 14.6 Å². The fourth-order valence-corrected chi connectivity index (χ4v) is 3.43. The van der Waals surface area contributed by atoms with Crippen LogP contribution in [0, 0.1) is 0 Å². The number of aromatic nitrogens is 2. The van der Waals surface area contributed by atoms with Crippen molar-refractivity contribution < 1.29 is 9.90 Å². The predicted molar refractivity (Wildman–Crippen MR) is 78.6 cm³/mol. The molecule has 116 valence electrons. The molecule has 1 atom stereocenters. The van der Waals surface area contributed by atoms with E-state index in [0.29, 0.717) is 12.6 Å². The van der Waals surface area contributed by atoms with Gasteiger partial charge in [0.1, 0.15) is 6.54 Å². The molecule has 2 aliphatic heterocycles. The van der Waals surface area contributed by atoms with Crippen molar-refractivity contribution in [3.05, 3.63) is 18.7 Å². The Balaban J connectivity index is 1.47. The normalized spacial score (nSPS) is 25.2. The number of piperidine rings is 2. The van der Waals surface area contributed by atoms with Crippen LogP contribution in [0.4, 0.5) is 0 Å². The summed E-state index contributed by atoms with van der Waals surface area (Å²) in [6, 6.07) is 0.525. The largest absolute Gasteiger partial charge is 0.392 e. The van der Waals surface area contributed by atoms with E-state index in [2.05, 4.69) is 9.88 Å². The maximum Gasteiger partial charge on any atom is 0.242 e. The van der Waals surface area contributed by atoms with Gasteiger partial charge in [-0.2, -0.15) is 0 Å². The minimum absolute atomic E-state index is 0.167. The Hall–Kier alpha value is -1.40. The van der Waals surface area contributed by atoms with Gasteiger partial charge in [-0.05, 0) is 32.2 Å². The lowest BCUT2D eigenvalue weighted by Gasteiger charge is -2.41. The van der Waals surface area contributed by atoms with Crippen molar-refractivity contribution >= 4 is 5.91 Å². The number of rotatable bonds is 3. The van der Waals surface area contributed by atoms with Crippen LogP contribution in [0.1, 0.15) is 25.7 Å². The fraction of sp³-hybridized carbons (Fsp3) is 0.733. The molecule has 1 N–H and O–H groups in total. The van der Waals surface area contributed by atoms with E-state index in [0.717, 1.165) is 51.9 Å². The van der Waals surface area contributed by atoms with Crippen LogP contribution in [-0.4, -0.2) is 68.7 Å². The third-order valence-electron chi connectivity index (χ3n) is 4.64. The molecule has 0 radical (unpaired) electrons. The van der Waals surface area contributed by atoms with Crippen molar-refractivity contribution in [2.45, 2.75) is 44.4 Å². The second kappa shape index (κ2) is 6.58. The van der Waals surface area contributed by atoms with Gasteiger partial charge >= 0.3 is 0 Å². The zero-order valence-electron chi connectivity index (χ0n) is 12.4. The molecule has 1 aromatic rings. The van der Waals surface area contributed by atoms with Crippen LogP contribution in [0.3, 0.4) is 0 Å². The van der Waals surface area contributed by atoms with Crippen LogP contribution in [-0.2, 0) is 11.3 Å². The number of β-amino-alcohol motifs (C(OH)–C–C–N with tert-alkyl or cyclic N) is 1. The highest BCUT2D eigenvalue weighted by Gasteiger charge is 2.29. The molecule has 3 heterocycles. The highest BCUT2D eigenvalue weighted by atomic mass is 16.3. The van der Waals surface area contributed by atoms with Gasteiger partial charge in [0, 0.05) is 38.1 Å². The number of imidazole rings is 1. The molecule has 2 saturated heterocycles. The van der Waals surface area contributed by atoms with Gasteiger partial charge in [0.05, 0.1) is 12.4 Å². The lowest BCUT2D eigenvalue weighted by atomic mass is 9.99. The summed E-state index contributed by atoms with van der Waals surface area (Å²) in [5.41, 5.74) is 0. The molecular weight excluding hydrogens is 268 g/mol. The maximum absolute atomic E-state index is 12.2. The summed E-state index contributed by atoms with van der Waals surface area (Å²) in [6.07, 6.45) is 9.07. The Morgan fingerprint density at radius 2 is 2.05 bits per heavy atom. The van der Waals surface area contributed by atoms with Crippen LogP contribution in [0.15, 0.2) is 18.7 Å². The molecular formula is C15H24N4O2.